The number of hydrogen-bond donors (Lipinski definition) is 0. The molecule has 19 heavy (non-hydrogen) atoms. The van der Waals surface area contributed by atoms with Crippen LogP contribution in [0.5, 0.6) is 0 Å². The standard InChI is InChI=1S/C12H23O6P/c1-9(7-11(14)18-12(2,3)4)10(13)8-19(15,16-5)17-6/h9H,7-8H2,1-6H3/t9-/m1/s1. The molecule has 0 aliphatic carbocycles. The first kappa shape index (κ1) is 18.3. The van der Waals surface area contributed by atoms with Crippen LogP contribution in [0, 0.1) is 5.92 Å². The van der Waals surface area contributed by atoms with Crippen molar-refractivity contribution in [3.8, 4) is 0 Å². The highest BCUT2D eigenvalue weighted by molar-refractivity contribution is 7.54. The van der Waals surface area contributed by atoms with Gasteiger partial charge in [0.2, 0.25) is 0 Å². The van der Waals surface area contributed by atoms with Crippen LogP contribution < -0.4 is 0 Å². The van der Waals surface area contributed by atoms with Gasteiger partial charge in [0.25, 0.3) is 0 Å². The lowest BCUT2D eigenvalue weighted by Crippen LogP contribution is -2.27. The Morgan fingerprint density at radius 2 is 1.63 bits per heavy atom. The Labute approximate surface area is 114 Å². The minimum absolute atomic E-state index is 0.0521. The number of carbonyl (C=O) groups is 2. The molecule has 0 saturated heterocycles. The van der Waals surface area contributed by atoms with Gasteiger partial charge in [-0.05, 0) is 20.8 Å². The quantitative estimate of drug-likeness (QED) is 0.530. The second kappa shape index (κ2) is 7.17. The Kier molecular flexibility index (Phi) is 6.91. The predicted molar refractivity (Wildman–Crippen MR) is 71.1 cm³/mol. The Morgan fingerprint density at radius 3 is 2.00 bits per heavy atom. The van der Waals surface area contributed by atoms with Gasteiger partial charge in [0.05, 0.1) is 6.42 Å². The van der Waals surface area contributed by atoms with Crippen LogP contribution in [0.4, 0.5) is 0 Å². The largest absolute Gasteiger partial charge is 0.460 e. The van der Waals surface area contributed by atoms with E-state index in [-0.39, 0.29) is 18.4 Å². The van der Waals surface area contributed by atoms with Crippen LogP contribution in [0.15, 0.2) is 0 Å². The van der Waals surface area contributed by atoms with Crippen LogP contribution in [-0.4, -0.2) is 37.7 Å². The maximum absolute atomic E-state index is 11.8. The second-order valence-electron chi connectivity index (χ2n) is 5.29. The van der Waals surface area contributed by atoms with Crippen molar-refractivity contribution in [3.63, 3.8) is 0 Å². The van der Waals surface area contributed by atoms with Crippen LogP contribution in [0.3, 0.4) is 0 Å². The summed E-state index contributed by atoms with van der Waals surface area (Å²) in [4.78, 5) is 23.4. The van der Waals surface area contributed by atoms with Gasteiger partial charge in [0.1, 0.15) is 17.5 Å². The summed E-state index contributed by atoms with van der Waals surface area (Å²) in [5.74, 6) is -1.40. The molecule has 0 aromatic heterocycles. The van der Waals surface area contributed by atoms with E-state index in [4.69, 9.17) is 4.74 Å². The van der Waals surface area contributed by atoms with Crippen molar-refractivity contribution in [3.05, 3.63) is 0 Å². The molecule has 1 atom stereocenters. The van der Waals surface area contributed by atoms with Crippen molar-refractivity contribution in [2.75, 3.05) is 20.4 Å². The van der Waals surface area contributed by atoms with E-state index in [0.29, 0.717) is 0 Å². The number of esters is 1. The summed E-state index contributed by atoms with van der Waals surface area (Å²) in [7, 11) is -0.941. The number of ketones is 1. The number of hydrogen-bond acceptors (Lipinski definition) is 6. The van der Waals surface area contributed by atoms with Crippen LogP contribution in [0.25, 0.3) is 0 Å². The molecule has 0 fully saturated rings. The molecular weight excluding hydrogens is 271 g/mol. The Hall–Kier alpha value is -0.710. The molecule has 0 bridgehead atoms. The van der Waals surface area contributed by atoms with Crippen molar-refractivity contribution in [2.45, 2.75) is 39.7 Å². The van der Waals surface area contributed by atoms with Crippen LogP contribution >= 0.6 is 7.60 Å². The first-order valence-corrected chi connectivity index (χ1v) is 7.71. The van der Waals surface area contributed by atoms with Crippen molar-refractivity contribution >= 4 is 19.3 Å². The molecule has 6 nitrogen and oxygen atoms in total. The molecule has 0 aromatic carbocycles. The minimum atomic E-state index is -3.38. The van der Waals surface area contributed by atoms with Crippen molar-refractivity contribution in [2.24, 2.45) is 5.92 Å². The molecule has 0 saturated carbocycles. The van der Waals surface area contributed by atoms with Crippen LogP contribution in [-0.2, 0) is 27.9 Å². The Balaban J connectivity index is 4.44. The third-order valence-electron chi connectivity index (χ3n) is 2.35. The fraction of sp³-hybridized carbons (Fsp3) is 0.833. The van der Waals surface area contributed by atoms with E-state index in [1.54, 1.807) is 27.7 Å². The zero-order valence-electron chi connectivity index (χ0n) is 12.4. The van der Waals surface area contributed by atoms with Gasteiger partial charge in [-0.1, -0.05) is 6.92 Å². The van der Waals surface area contributed by atoms with Gasteiger partial charge in [0.15, 0.2) is 0 Å². The molecular formula is C12H23O6P. The van der Waals surface area contributed by atoms with E-state index in [9.17, 15) is 14.2 Å². The Bertz CT molecular complexity index is 363. The number of rotatable bonds is 7. The molecule has 0 heterocycles. The third-order valence-corrected chi connectivity index (χ3v) is 4.16. The summed E-state index contributed by atoms with van der Waals surface area (Å²) in [6.07, 6.45) is -0.395. The summed E-state index contributed by atoms with van der Waals surface area (Å²) in [6, 6.07) is 0. The van der Waals surface area contributed by atoms with E-state index in [1.165, 1.54) is 14.2 Å². The van der Waals surface area contributed by atoms with Gasteiger partial charge in [-0.15, -0.1) is 0 Å². The molecule has 0 rings (SSSR count). The number of carbonyl (C=O) groups excluding carboxylic acids is 2. The lowest BCUT2D eigenvalue weighted by atomic mass is 10.0. The lowest BCUT2D eigenvalue weighted by molar-refractivity contribution is -0.156. The highest BCUT2D eigenvalue weighted by atomic mass is 31.2. The zero-order valence-corrected chi connectivity index (χ0v) is 13.3. The van der Waals surface area contributed by atoms with Gasteiger partial charge in [-0.25, -0.2) is 0 Å². The molecule has 0 amide bonds. The topological polar surface area (TPSA) is 78.9 Å². The van der Waals surface area contributed by atoms with Gasteiger partial charge < -0.3 is 13.8 Å². The van der Waals surface area contributed by atoms with Crippen molar-refractivity contribution < 1.29 is 27.9 Å². The summed E-state index contributed by atoms with van der Waals surface area (Å²) in [5.41, 5.74) is -0.589. The normalized spacial score (nSPS) is 14.0. The van der Waals surface area contributed by atoms with Gasteiger partial charge in [0, 0.05) is 20.1 Å². The van der Waals surface area contributed by atoms with E-state index < -0.39 is 25.1 Å². The number of Topliss-reactive ketones (excluding diaryl/α,β-unsaturated/α-hetero) is 1. The number of ether oxygens (including phenoxy) is 1. The average Bonchev–Trinajstić information content (AvgIpc) is 2.25. The fourth-order valence-corrected chi connectivity index (χ4v) is 2.40. The highest BCUT2D eigenvalue weighted by Gasteiger charge is 2.30. The maximum Gasteiger partial charge on any atom is 0.337 e. The smallest absolute Gasteiger partial charge is 0.337 e. The molecule has 0 aliphatic rings. The van der Waals surface area contributed by atoms with Gasteiger partial charge in [-0.3, -0.25) is 14.2 Å². The first-order valence-electron chi connectivity index (χ1n) is 5.98. The fourth-order valence-electron chi connectivity index (χ4n) is 1.30. The van der Waals surface area contributed by atoms with E-state index in [0.717, 1.165) is 0 Å². The maximum atomic E-state index is 11.8. The molecule has 0 spiro atoms. The first-order chi connectivity index (χ1) is 8.53. The zero-order chi connectivity index (χ0) is 15.3. The van der Waals surface area contributed by atoms with Gasteiger partial charge >= 0.3 is 13.6 Å². The van der Waals surface area contributed by atoms with E-state index in [1.807, 2.05) is 0 Å². The monoisotopic (exact) mass is 294 g/mol. The van der Waals surface area contributed by atoms with Gasteiger partial charge in [-0.2, -0.15) is 0 Å². The Morgan fingerprint density at radius 1 is 1.16 bits per heavy atom. The lowest BCUT2D eigenvalue weighted by Gasteiger charge is -2.21. The third kappa shape index (κ3) is 7.45. The summed E-state index contributed by atoms with van der Waals surface area (Å²) < 4.78 is 26.3. The minimum Gasteiger partial charge on any atom is -0.460 e. The van der Waals surface area contributed by atoms with Crippen molar-refractivity contribution in [1.82, 2.24) is 0 Å². The summed E-state index contributed by atoms with van der Waals surface area (Å²) >= 11 is 0. The summed E-state index contributed by atoms with van der Waals surface area (Å²) in [5, 5.41) is 0. The molecule has 0 radical (unpaired) electrons. The summed E-state index contributed by atoms with van der Waals surface area (Å²) in [6.45, 7) is 6.84. The van der Waals surface area contributed by atoms with E-state index in [2.05, 4.69) is 9.05 Å². The molecule has 0 aromatic rings. The van der Waals surface area contributed by atoms with Crippen LogP contribution in [0.1, 0.15) is 34.1 Å². The van der Waals surface area contributed by atoms with E-state index >= 15 is 0 Å². The highest BCUT2D eigenvalue weighted by Crippen LogP contribution is 2.46. The molecule has 0 unspecified atom stereocenters. The molecule has 0 N–H and O–H groups in total. The molecule has 0 aliphatic heterocycles. The average molecular weight is 294 g/mol. The van der Waals surface area contributed by atoms with Crippen molar-refractivity contribution in [1.29, 1.82) is 0 Å². The molecule has 7 heteroatoms. The SMILES string of the molecule is COP(=O)(CC(=O)[C@H](C)CC(=O)OC(C)(C)C)OC. The predicted octanol–water partition coefficient (Wildman–Crippen LogP) is 2.41. The molecule has 112 valence electrons. The second-order valence-corrected chi connectivity index (χ2v) is 7.56. The van der Waals surface area contributed by atoms with Crippen LogP contribution in [0.2, 0.25) is 0 Å².